The molecule has 118 valence electrons. The fourth-order valence-electron chi connectivity index (χ4n) is 3.52. The Hall–Kier alpha value is -0.930. The molecule has 1 aliphatic rings. The topological polar surface area (TPSA) is 15.3 Å². The van der Waals surface area contributed by atoms with Crippen LogP contribution in [0.5, 0.6) is 0 Å². The Kier molecular flexibility index (Phi) is 5.39. The van der Waals surface area contributed by atoms with E-state index in [9.17, 15) is 4.39 Å². The second-order valence-corrected chi connectivity index (χ2v) is 7.15. The van der Waals surface area contributed by atoms with E-state index in [1.165, 1.54) is 12.8 Å². The molecule has 0 amide bonds. The summed E-state index contributed by atoms with van der Waals surface area (Å²) in [5.74, 6) is -0.0978. The van der Waals surface area contributed by atoms with Gasteiger partial charge in [-0.2, -0.15) is 0 Å². The second kappa shape index (κ2) is 6.89. The number of benzene rings is 1. The molecule has 2 atom stereocenters. The molecule has 3 heteroatoms. The van der Waals surface area contributed by atoms with Gasteiger partial charge in [0.25, 0.3) is 0 Å². The first-order chi connectivity index (χ1) is 9.93. The summed E-state index contributed by atoms with van der Waals surface area (Å²) in [5.41, 5.74) is 1.17. The molecule has 2 rings (SSSR count). The number of hydrogen-bond donors (Lipinski definition) is 1. The molecule has 0 heterocycles. The Morgan fingerprint density at radius 3 is 2.71 bits per heavy atom. The average molecular weight is 292 g/mol. The van der Waals surface area contributed by atoms with E-state index >= 15 is 0 Å². The Morgan fingerprint density at radius 1 is 1.33 bits per heavy atom. The van der Waals surface area contributed by atoms with Crippen LogP contribution in [0.4, 0.5) is 4.39 Å². The van der Waals surface area contributed by atoms with E-state index in [4.69, 9.17) is 0 Å². The zero-order chi connectivity index (χ0) is 15.5. The molecule has 1 fully saturated rings. The Bertz CT molecular complexity index is 458. The lowest BCUT2D eigenvalue weighted by atomic mass is 9.72. The number of halogens is 1. The molecule has 2 unspecified atom stereocenters. The molecule has 21 heavy (non-hydrogen) atoms. The van der Waals surface area contributed by atoms with Gasteiger partial charge in [0.15, 0.2) is 0 Å². The maximum absolute atomic E-state index is 13.9. The fourth-order valence-corrected chi connectivity index (χ4v) is 3.52. The largest absolute Gasteiger partial charge is 0.313 e. The van der Waals surface area contributed by atoms with Crippen LogP contribution in [0.2, 0.25) is 0 Å². The third-order valence-corrected chi connectivity index (χ3v) is 4.77. The molecule has 1 aromatic carbocycles. The van der Waals surface area contributed by atoms with Gasteiger partial charge in [-0.1, -0.05) is 39.0 Å². The first-order valence-corrected chi connectivity index (χ1v) is 8.10. The van der Waals surface area contributed by atoms with E-state index in [1.54, 1.807) is 12.1 Å². The maximum Gasteiger partial charge on any atom is 0.127 e. The van der Waals surface area contributed by atoms with Crippen LogP contribution in [-0.2, 0) is 6.54 Å². The number of rotatable bonds is 5. The van der Waals surface area contributed by atoms with Crippen molar-refractivity contribution in [3.05, 3.63) is 35.6 Å². The lowest BCUT2D eigenvalue weighted by Crippen LogP contribution is -2.53. The molecule has 0 bridgehead atoms. The molecular formula is C18H29FN2. The molecule has 0 radical (unpaired) electrons. The minimum atomic E-state index is -0.0978. The Morgan fingerprint density at radius 2 is 2.05 bits per heavy atom. The van der Waals surface area contributed by atoms with E-state index in [0.29, 0.717) is 24.0 Å². The van der Waals surface area contributed by atoms with Crippen LogP contribution in [0.25, 0.3) is 0 Å². The summed E-state index contributed by atoms with van der Waals surface area (Å²) >= 11 is 0. The van der Waals surface area contributed by atoms with E-state index in [-0.39, 0.29) is 5.82 Å². The number of likely N-dealkylation sites (N-methyl/N-ethyl adjacent to an activating group) is 2. The van der Waals surface area contributed by atoms with Crippen molar-refractivity contribution in [1.82, 2.24) is 10.2 Å². The van der Waals surface area contributed by atoms with E-state index in [0.717, 1.165) is 18.5 Å². The summed E-state index contributed by atoms with van der Waals surface area (Å²) in [7, 11) is 2.13. The normalized spacial score (nSPS) is 25.2. The average Bonchev–Trinajstić information content (AvgIpc) is 2.43. The quantitative estimate of drug-likeness (QED) is 0.887. The number of nitrogens with one attached hydrogen (secondary N) is 1. The highest BCUT2D eigenvalue weighted by atomic mass is 19.1. The third kappa shape index (κ3) is 4.27. The summed E-state index contributed by atoms with van der Waals surface area (Å²) in [4.78, 5) is 2.33. The van der Waals surface area contributed by atoms with Crippen molar-refractivity contribution in [2.45, 2.75) is 58.7 Å². The summed E-state index contributed by atoms with van der Waals surface area (Å²) in [6, 6.07) is 8.09. The van der Waals surface area contributed by atoms with Gasteiger partial charge in [-0.25, -0.2) is 4.39 Å². The molecule has 0 aliphatic heterocycles. The van der Waals surface area contributed by atoms with Crippen molar-refractivity contribution in [1.29, 1.82) is 0 Å². The van der Waals surface area contributed by atoms with Gasteiger partial charge in [-0.3, -0.25) is 4.90 Å². The van der Waals surface area contributed by atoms with E-state index in [2.05, 4.69) is 38.0 Å². The lowest BCUT2D eigenvalue weighted by molar-refractivity contribution is 0.0775. The van der Waals surface area contributed by atoms with Gasteiger partial charge in [-0.15, -0.1) is 0 Å². The van der Waals surface area contributed by atoms with Gasteiger partial charge in [0.05, 0.1) is 0 Å². The van der Waals surface area contributed by atoms with Crippen LogP contribution < -0.4 is 5.32 Å². The molecule has 0 aromatic heterocycles. The summed E-state index contributed by atoms with van der Waals surface area (Å²) < 4.78 is 13.9. The summed E-state index contributed by atoms with van der Waals surface area (Å²) in [6.45, 7) is 8.52. The molecule has 1 aliphatic carbocycles. The highest BCUT2D eigenvalue weighted by Gasteiger charge is 2.36. The van der Waals surface area contributed by atoms with Crippen LogP contribution in [0.1, 0.15) is 45.6 Å². The van der Waals surface area contributed by atoms with Crippen molar-refractivity contribution in [3.8, 4) is 0 Å². The van der Waals surface area contributed by atoms with Crippen molar-refractivity contribution < 1.29 is 4.39 Å². The second-order valence-electron chi connectivity index (χ2n) is 7.15. The predicted octanol–water partition coefficient (Wildman–Crippen LogP) is 3.81. The first kappa shape index (κ1) is 16.4. The maximum atomic E-state index is 13.9. The zero-order valence-corrected chi connectivity index (χ0v) is 13.8. The zero-order valence-electron chi connectivity index (χ0n) is 13.8. The third-order valence-electron chi connectivity index (χ3n) is 4.77. The monoisotopic (exact) mass is 292 g/mol. The molecule has 2 nitrogen and oxygen atoms in total. The smallest absolute Gasteiger partial charge is 0.127 e. The van der Waals surface area contributed by atoms with Crippen molar-refractivity contribution in [3.63, 3.8) is 0 Å². The summed E-state index contributed by atoms with van der Waals surface area (Å²) in [5, 5.41) is 3.62. The highest BCUT2D eigenvalue weighted by Crippen LogP contribution is 2.37. The molecular weight excluding hydrogens is 263 g/mol. The van der Waals surface area contributed by atoms with Crippen LogP contribution in [-0.4, -0.2) is 30.6 Å². The van der Waals surface area contributed by atoms with Crippen molar-refractivity contribution >= 4 is 0 Å². The highest BCUT2D eigenvalue weighted by molar-refractivity contribution is 5.17. The van der Waals surface area contributed by atoms with Crippen LogP contribution in [0, 0.1) is 11.2 Å². The molecule has 0 spiro atoms. The molecule has 1 aromatic rings. The Labute approximate surface area is 128 Å². The van der Waals surface area contributed by atoms with Gasteiger partial charge in [0.1, 0.15) is 5.82 Å². The first-order valence-electron chi connectivity index (χ1n) is 8.10. The summed E-state index contributed by atoms with van der Waals surface area (Å²) in [6.07, 6.45) is 3.62. The van der Waals surface area contributed by atoms with Gasteiger partial charge in [-0.05, 0) is 44.3 Å². The standard InChI is InChI=1S/C18H29FN2/c1-5-20-16-10-11-18(2,3)12-17(16)21(4)13-14-8-6-7-9-15(14)19/h6-9,16-17,20H,5,10-13H2,1-4H3. The van der Waals surface area contributed by atoms with Crippen molar-refractivity contribution in [2.24, 2.45) is 5.41 Å². The number of hydrogen-bond acceptors (Lipinski definition) is 2. The number of nitrogens with zero attached hydrogens (tertiary/aromatic N) is 1. The van der Waals surface area contributed by atoms with Crippen LogP contribution in [0.15, 0.2) is 24.3 Å². The Balaban J connectivity index is 2.10. The van der Waals surface area contributed by atoms with Gasteiger partial charge in [0.2, 0.25) is 0 Å². The van der Waals surface area contributed by atoms with E-state index in [1.807, 2.05) is 12.1 Å². The predicted molar refractivity (Wildman–Crippen MR) is 86.8 cm³/mol. The minimum absolute atomic E-state index is 0.0978. The van der Waals surface area contributed by atoms with Crippen molar-refractivity contribution in [2.75, 3.05) is 13.6 Å². The fraction of sp³-hybridized carbons (Fsp3) is 0.667. The van der Waals surface area contributed by atoms with Crippen LogP contribution in [0.3, 0.4) is 0 Å². The van der Waals surface area contributed by atoms with Gasteiger partial charge >= 0.3 is 0 Å². The lowest BCUT2D eigenvalue weighted by Gasteiger charge is -2.45. The molecule has 1 saturated carbocycles. The van der Waals surface area contributed by atoms with Gasteiger partial charge < -0.3 is 5.32 Å². The van der Waals surface area contributed by atoms with E-state index < -0.39 is 0 Å². The van der Waals surface area contributed by atoms with Crippen LogP contribution >= 0.6 is 0 Å². The molecule has 0 saturated heterocycles. The minimum Gasteiger partial charge on any atom is -0.313 e. The van der Waals surface area contributed by atoms with Gasteiger partial charge in [0, 0.05) is 24.2 Å². The SMILES string of the molecule is CCNC1CCC(C)(C)CC1N(C)Cc1ccccc1F. The molecule has 1 N–H and O–H groups in total.